The first kappa shape index (κ1) is 23.6. The Hall–Kier alpha value is -3.03. The number of aromatic amines is 1. The third-order valence-corrected chi connectivity index (χ3v) is 5.00. The van der Waals surface area contributed by atoms with Crippen LogP contribution in [-0.2, 0) is 4.74 Å². The largest absolute Gasteiger partial charge is 0.490 e. The maximum absolute atomic E-state index is 12.5. The highest BCUT2D eigenvalue weighted by atomic mass is 35.5. The zero-order valence-electron chi connectivity index (χ0n) is 17.8. The molecular weight excluding hydrogens is 455 g/mol. The van der Waals surface area contributed by atoms with Crippen LogP contribution in [0.1, 0.15) is 42.0 Å². The first-order valence-corrected chi connectivity index (χ1v) is 10.7. The van der Waals surface area contributed by atoms with Crippen LogP contribution in [0, 0.1) is 0 Å². The Morgan fingerprint density at radius 2 is 1.97 bits per heavy atom. The van der Waals surface area contributed by atoms with Gasteiger partial charge in [0.15, 0.2) is 17.3 Å². The second-order valence-electron chi connectivity index (χ2n) is 6.74. The standard InChI is InChI=1S/C23H22Cl2N2O5/c1-4-8-32-20-16(24)9-13(11-19(20)31-5-2)10-17(25)21-26-18-12-14(23(29)30-3)6-7-15(18)22(28)27-21/h6-7,9-12H,4-5,8H2,1-3H3,(H,26,27,28)/b17-10-. The van der Waals surface area contributed by atoms with Crippen molar-refractivity contribution in [3.05, 3.63) is 62.7 Å². The number of methoxy groups -OCH3 is 1. The Morgan fingerprint density at radius 1 is 1.19 bits per heavy atom. The third kappa shape index (κ3) is 5.23. The van der Waals surface area contributed by atoms with E-state index >= 15 is 0 Å². The molecular formula is C23H22Cl2N2O5. The van der Waals surface area contributed by atoms with Gasteiger partial charge in [0.05, 0.1) is 46.8 Å². The molecule has 0 saturated carbocycles. The van der Waals surface area contributed by atoms with E-state index < -0.39 is 5.97 Å². The molecule has 0 spiro atoms. The number of hydrogen-bond donors (Lipinski definition) is 1. The van der Waals surface area contributed by atoms with Crippen molar-refractivity contribution < 1.29 is 19.0 Å². The summed E-state index contributed by atoms with van der Waals surface area (Å²) >= 11 is 12.9. The van der Waals surface area contributed by atoms with E-state index in [9.17, 15) is 9.59 Å². The second-order valence-corrected chi connectivity index (χ2v) is 7.56. The molecule has 0 amide bonds. The van der Waals surface area contributed by atoms with Crippen LogP contribution < -0.4 is 15.0 Å². The molecule has 2 aromatic carbocycles. The molecule has 0 bridgehead atoms. The summed E-state index contributed by atoms with van der Waals surface area (Å²) in [5.41, 5.74) is 0.845. The Labute approximate surface area is 194 Å². The molecule has 1 aromatic heterocycles. The minimum atomic E-state index is -0.527. The van der Waals surface area contributed by atoms with Gasteiger partial charge in [-0.1, -0.05) is 30.1 Å². The zero-order valence-corrected chi connectivity index (χ0v) is 19.3. The fourth-order valence-corrected chi connectivity index (χ4v) is 3.48. The maximum Gasteiger partial charge on any atom is 0.337 e. The summed E-state index contributed by atoms with van der Waals surface area (Å²) in [4.78, 5) is 31.3. The van der Waals surface area contributed by atoms with E-state index in [1.807, 2.05) is 13.8 Å². The van der Waals surface area contributed by atoms with E-state index in [0.29, 0.717) is 46.2 Å². The van der Waals surface area contributed by atoms with Gasteiger partial charge in [-0.15, -0.1) is 0 Å². The molecule has 0 unspecified atom stereocenters. The number of halogens is 2. The quantitative estimate of drug-likeness (QED) is 0.444. The summed E-state index contributed by atoms with van der Waals surface area (Å²) in [5.74, 6) is 0.579. The van der Waals surface area contributed by atoms with Crippen molar-refractivity contribution in [1.29, 1.82) is 0 Å². The lowest BCUT2D eigenvalue weighted by atomic mass is 10.1. The van der Waals surface area contributed by atoms with Crippen molar-refractivity contribution in [2.45, 2.75) is 20.3 Å². The lowest BCUT2D eigenvalue weighted by molar-refractivity contribution is 0.0601. The van der Waals surface area contributed by atoms with Gasteiger partial charge in [-0.3, -0.25) is 4.79 Å². The Kier molecular flexibility index (Phi) is 7.77. The highest BCUT2D eigenvalue weighted by Crippen LogP contribution is 2.38. The summed E-state index contributed by atoms with van der Waals surface area (Å²) in [6, 6.07) is 7.93. The maximum atomic E-state index is 12.5. The van der Waals surface area contributed by atoms with Crippen LogP contribution in [0.3, 0.4) is 0 Å². The van der Waals surface area contributed by atoms with E-state index in [4.69, 9.17) is 37.4 Å². The Bertz CT molecular complexity index is 1240. The van der Waals surface area contributed by atoms with Crippen LogP contribution in [0.5, 0.6) is 11.5 Å². The third-order valence-electron chi connectivity index (χ3n) is 4.43. The predicted molar refractivity (Wildman–Crippen MR) is 126 cm³/mol. The van der Waals surface area contributed by atoms with Crippen LogP contribution in [-0.4, -0.2) is 36.3 Å². The van der Waals surface area contributed by atoms with Crippen LogP contribution in [0.4, 0.5) is 0 Å². The van der Waals surface area contributed by atoms with Gasteiger partial charge in [0, 0.05) is 0 Å². The lowest BCUT2D eigenvalue weighted by Gasteiger charge is -2.14. The number of carbonyl (C=O) groups excluding carboxylic acids is 1. The molecule has 3 rings (SSSR count). The summed E-state index contributed by atoms with van der Waals surface area (Å²) in [6.45, 7) is 4.79. The highest BCUT2D eigenvalue weighted by molar-refractivity contribution is 6.50. The van der Waals surface area contributed by atoms with Crippen molar-refractivity contribution in [1.82, 2.24) is 9.97 Å². The van der Waals surface area contributed by atoms with E-state index in [1.54, 1.807) is 18.2 Å². The molecule has 0 atom stereocenters. The minimum absolute atomic E-state index is 0.145. The summed E-state index contributed by atoms with van der Waals surface area (Å²) < 4.78 is 16.1. The first-order valence-electron chi connectivity index (χ1n) is 9.97. The number of fused-ring (bicyclic) bond motifs is 1. The summed E-state index contributed by atoms with van der Waals surface area (Å²) in [7, 11) is 1.28. The Morgan fingerprint density at radius 3 is 2.66 bits per heavy atom. The molecule has 0 saturated heterocycles. The zero-order chi connectivity index (χ0) is 23.3. The van der Waals surface area contributed by atoms with Crippen molar-refractivity contribution in [2.75, 3.05) is 20.3 Å². The van der Waals surface area contributed by atoms with Crippen molar-refractivity contribution in [2.24, 2.45) is 0 Å². The fourth-order valence-electron chi connectivity index (χ4n) is 2.99. The predicted octanol–water partition coefficient (Wildman–Crippen LogP) is 5.29. The fraction of sp³-hybridized carbons (Fsp3) is 0.261. The number of hydrogen-bond acceptors (Lipinski definition) is 6. The summed E-state index contributed by atoms with van der Waals surface area (Å²) in [6.07, 6.45) is 2.43. The van der Waals surface area contributed by atoms with Crippen molar-refractivity contribution >= 4 is 51.2 Å². The van der Waals surface area contributed by atoms with Gasteiger partial charge in [-0.05, 0) is 55.3 Å². The number of esters is 1. The molecule has 7 nitrogen and oxygen atoms in total. The van der Waals surface area contributed by atoms with Crippen molar-refractivity contribution in [3.63, 3.8) is 0 Å². The van der Waals surface area contributed by atoms with Gasteiger partial charge in [0.25, 0.3) is 5.56 Å². The number of aromatic nitrogens is 2. The van der Waals surface area contributed by atoms with Gasteiger partial charge in [0.1, 0.15) is 0 Å². The van der Waals surface area contributed by atoms with E-state index in [1.165, 1.54) is 25.3 Å². The number of benzene rings is 2. The molecule has 0 aliphatic carbocycles. The SMILES string of the molecule is CCCOc1c(Cl)cc(/C=C(\Cl)c2nc3cc(C(=O)OC)ccc3c(=O)[nH]2)cc1OCC. The molecule has 0 aliphatic rings. The Balaban J connectivity index is 2.04. The number of ether oxygens (including phenoxy) is 3. The molecule has 1 N–H and O–H groups in total. The van der Waals surface area contributed by atoms with Crippen LogP contribution >= 0.6 is 23.2 Å². The smallest absolute Gasteiger partial charge is 0.337 e. The van der Waals surface area contributed by atoms with Gasteiger partial charge >= 0.3 is 5.97 Å². The monoisotopic (exact) mass is 476 g/mol. The van der Waals surface area contributed by atoms with Gasteiger partial charge in [0.2, 0.25) is 0 Å². The first-order chi connectivity index (χ1) is 15.4. The average Bonchev–Trinajstić information content (AvgIpc) is 2.77. The normalized spacial score (nSPS) is 11.5. The molecule has 32 heavy (non-hydrogen) atoms. The van der Waals surface area contributed by atoms with Crippen LogP contribution in [0.2, 0.25) is 5.02 Å². The van der Waals surface area contributed by atoms with Crippen LogP contribution in [0.15, 0.2) is 35.1 Å². The number of H-pyrrole nitrogens is 1. The molecule has 9 heteroatoms. The number of nitrogens with one attached hydrogen (secondary N) is 1. The molecule has 0 fully saturated rings. The van der Waals surface area contributed by atoms with E-state index in [2.05, 4.69) is 9.97 Å². The van der Waals surface area contributed by atoms with Crippen LogP contribution in [0.25, 0.3) is 22.0 Å². The van der Waals surface area contributed by atoms with Gasteiger partial charge < -0.3 is 19.2 Å². The molecule has 1 heterocycles. The number of rotatable bonds is 8. The van der Waals surface area contributed by atoms with Gasteiger partial charge in [-0.25, -0.2) is 9.78 Å². The molecule has 0 radical (unpaired) electrons. The van der Waals surface area contributed by atoms with Gasteiger partial charge in [-0.2, -0.15) is 0 Å². The second kappa shape index (κ2) is 10.5. The average molecular weight is 477 g/mol. The molecule has 0 aliphatic heterocycles. The summed E-state index contributed by atoms with van der Waals surface area (Å²) in [5, 5.41) is 0.876. The lowest BCUT2D eigenvalue weighted by Crippen LogP contribution is -2.11. The number of carbonyl (C=O) groups is 1. The van der Waals surface area contributed by atoms with Crippen molar-refractivity contribution in [3.8, 4) is 11.5 Å². The molecule has 168 valence electrons. The molecule has 3 aromatic rings. The topological polar surface area (TPSA) is 90.5 Å². The number of nitrogens with zero attached hydrogens (tertiary/aromatic N) is 1. The van der Waals surface area contributed by atoms with E-state index in [0.717, 1.165) is 6.42 Å². The van der Waals surface area contributed by atoms with E-state index in [-0.39, 0.29) is 22.0 Å². The highest BCUT2D eigenvalue weighted by Gasteiger charge is 2.14. The minimum Gasteiger partial charge on any atom is -0.490 e.